The zero-order chi connectivity index (χ0) is 48.7. The first-order valence-electron chi connectivity index (χ1n) is 22.3. The Labute approximate surface area is 403 Å². The summed E-state index contributed by atoms with van der Waals surface area (Å²) < 4.78 is 13.9. The lowest BCUT2D eigenvalue weighted by Crippen LogP contribution is -2.74. The fourth-order valence-electron chi connectivity index (χ4n) is 9.75. The van der Waals surface area contributed by atoms with Crippen molar-refractivity contribution in [3.63, 3.8) is 0 Å². The number of aliphatic hydroxyl groups is 1. The van der Waals surface area contributed by atoms with E-state index in [4.69, 9.17) is 21.1 Å². The van der Waals surface area contributed by atoms with Crippen LogP contribution in [0.25, 0.3) is 21.6 Å². The van der Waals surface area contributed by atoms with Crippen molar-refractivity contribution < 1.29 is 29.0 Å². The Bertz CT molecular complexity index is 2860. The van der Waals surface area contributed by atoms with Gasteiger partial charge in [0.2, 0.25) is 17.7 Å². The summed E-state index contributed by atoms with van der Waals surface area (Å²) in [5.74, 6) is -0.494. The van der Waals surface area contributed by atoms with Gasteiger partial charge in [-0.3, -0.25) is 19.1 Å². The number of hydrogen-bond acceptors (Lipinski definition) is 13. The number of thiazole rings is 1. The van der Waals surface area contributed by atoms with Crippen LogP contribution in [0.5, 0.6) is 17.6 Å². The summed E-state index contributed by atoms with van der Waals surface area (Å²) in [6.07, 6.45) is 6.73. The number of aliphatic hydroxyl groups excluding tert-OH is 1. The number of rotatable bonds is 14. The van der Waals surface area contributed by atoms with Crippen LogP contribution in [0.15, 0.2) is 91.1 Å². The third-order valence-corrected chi connectivity index (χ3v) is 14.3. The summed E-state index contributed by atoms with van der Waals surface area (Å²) in [6, 6.07) is 16.2. The monoisotopic (exact) mass is 956 g/mol. The Balaban J connectivity index is 0.888. The summed E-state index contributed by atoms with van der Waals surface area (Å²) >= 11 is 7.83. The van der Waals surface area contributed by atoms with Crippen LogP contribution in [0.3, 0.4) is 0 Å². The second kappa shape index (κ2) is 19.1. The van der Waals surface area contributed by atoms with Crippen molar-refractivity contribution in [3.8, 4) is 45.3 Å². The number of β-amino-alcohol motifs (C(OH)–C–C–N with tert-alkyl or cyclic N) is 1. The molecule has 2 fully saturated rings. The van der Waals surface area contributed by atoms with Crippen LogP contribution < -0.4 is 20.1 Å². The van der Waals surface area contributed by atoms with Crippen molar-refractivity contribution >= 4 is 40.7 Å². The lowest BCUT2D eigenvalue weighted by molar-refractivity contribution is -0.164. The summed E-state index contributed by atoms with van der Waals surface area (Å²) in [6.45, 7) is 15.8. The number of ether oxygens (including phenoxy) is 2. The number of pyridine rings is 1. The number of halogens is 1. The van der Waals surface area contributed by atoms with Crippen LogP contribution in [0.1, 0.15) is 94.1 Å². The van der Waals surface area contributed by atoms with Crippen molar-refractivity contribution in [3.05, 3.63) is 118 Å². The number of aryl methyl sites for hydroxylation is 1. The third kappa shape index (κ3) is 9.53. The molecule has 1 aliphatic heterocycles. The molecule has 3 N–H and O–H groups in total. The molecule has 0 bridgehead atoms. The lowest BCUT2D eigenvalue weighted by atomic mass is 9.49. The molecule has 8 rings (SSSR count). The zero-order valence-electron chi connectivity index (χ0n) is 39.0. The highest BCUT2D eigenvalue weighted by Gasteiger charge is 2.64. The summed E-state index contributed by atoms with van der Waals surface area (Å²) in [7, 11) is 0. The number of benzene rings is 2. The molecule has 4 atom stereocenters. The highest BCUT2D eigenvalue weighted by molar-refractivity contribution is 7.13. The quantitative estimate of drug-likeness (QED) is 0.0945. The van der Waals surface area contributed by atoms with Gasteiger partial charge in [-0.2, -0.15) is 10.4 Å². The SMILES string of the molecule is Cc1ncsc1-c1ccc([C@H](C)NC(=O)[C@@H]2C[C@@H](O)CN2C(=O)[C@@H](C(C)C)n2cc(-c3ccnc(Oc4ncc(C(=O)NC5C(C)(C)C(Oc6ccc(C#N)c(Cl)c6)C5(C)C)cn4)c3)cn2)cc1. The minimum Gasteiger partial charge on any atom is -0.489 e. The number of likely N-dealkylation sites (tertiary alicyclic amines) is 1. The van der Waals surface area contributed by atoms with E-state index in [9.17, 15) is 24.8 Å². The second-order valence-electron chi connectivity index (χ2n) is 19.0. The van der Waals surface area contributed by atoms with E-state index in [1.807, 2.05) is 85.2 Å². The van der Waals surface area contributed by atoms with Gasteiger partial charge in [0.15, 0.2) is 0 Å². The van der Waals surface area contributed by atoms with Gasteiger partial charge in [-0.25, -0.2) is 19.9 Å². The number of nitriles is 1. The average Bonchev–Trinajstić information content (AvgIpc) is 4.08. The number of carbonyl (C=O) groups is 3. The van der Waals surface area contributed by atoms with Gasteiger partial charge in [0.25, 0.3) is 5.91 Å². The van der Waals surface area contributed by atoms with Gasteiger partial charge in [0.1, 0.15) is 30.0 Å². The fraction of sp³-hybridized carbons (Fsp3) is 0.380. The molecule has 68 heavy (non-hydrogen) atoms. The van der Waals surface area contributed by atoms with Crippen molar-refractivity contribution in [2.45, 2.75) is 98.2 Å². The van der Waals surface area contributed by atoms with Gasteiger partial charge in [-0.1, -0.05) is 77.4 Å². The van der Waals surface area contributed by atoms with Crippen molar-refractivity contribution in [2.24, 2.45) is 16.7 Å². The van der Waals surface area contributed by atoms with E-state index < -0.39 is 29.0 Å². The molecule has 1 aliphatic carbocycles. The minimum absolute atomic E-state index is 0.0214. The van der Waals surface area contributed by atoms with Gasteiger partial charge < -0.3 is 30.1 Å². The molecule has 6 aromatic rings. The van der Waals surface area contributed by atoms with Crippen molar-refractivity contribution in [2.75, 3.05) is 6.54 Å². The highest BCUT2D eigenvalue weighted by atomic mass is 35.5. The van der Waals surface area contributed by atoms with Crippen LogP contribution in [0.2, 0.25) is 5.02 Å². The molecule has 1 saturated heterocycles. The van der Waals surface area contributed by atoms with Crippen LogP contribution in [0.4, 0.5) is 0 Å². The third-order valence-electron chi connectivity index (χ3n) is 13.0. The largest absolute Gasteiger partial charge is 0.489 e. The first-order chi connectivity index (χ1) is 32.3. The number of nitrogens with one attached hydrogen (secondary N) is 2. The maximum atomic E-state index is 14.4. The normalized spacial score (nSPS) is 20.2. The molecule has 5 heterocycles. The van der Waals surface area contributed by atoms with Crippen molar-refractivity contribution in [1.29, 1.82) is 5.26 Å². The molecule has 4 aromatic heterocycles. The Kier molecular flexibility index (Phi) is 13.4. The molecule has 0 spiro atoms. The predicted molar refractivity (Wildman–Crippen MR) is 256 cm³/mol. The van der Waals surface area contributed by atoms with Gasteiger partial charge in [0.05, 0.1) is 50.6 Å². The summed E-state index contributed by atoms with van der Waals surface area (Å²) in [4.78, 5) is 61.4. The molecular formula is C50H53ClN10O6S. The van der Waals surface area contributed by atoms with Crippen molar-refractivity contribution in [1.82, 2.24) is 45.2 Å². The molecule has 0 unspecified atom stereocenters. The standard InChI is InChI=1S/C50H53ClN10O6S/c1-27(2)41(45(65)60-25-36(62)18-39(60)44(64)58-28(3)30-9-11-31(12-10-30)42-29(4)56-26-68-42)61-24-35(23-57-61)32-15-16-53-40(17-32)67-48-54-21-34(22-55-48)43(63)59-46-49(5,6)47(50(46,7)8)66-37-14-13-33(20-52)38(51)19-37/h9-17,19,21-24,26-28,36,39,41,46-47,62H,18,25H2,1-8H3,(H,58,64)(H,59,63)/t28-,36+,39-,41+,46?,47?/m0/s1. The second-order valence-corrected chi connectivity index (χ2v) is 20.2. The van der Waals surface area contributed by atoms with E-state index in [2.05, 4.69) is 41.7 Å². The molecular weight excluding hydrogens is 904 g/mol. The van der Waals surface area contributed by atoms with Gasteiger partial charge >= 0.3 is 6.01 Å². The lowest BCUT2D eigenvalue weighted by Gasteiger charge is -2.63. The number of amides is 3. The van der Waals surface area contributed by atoms with Crippen LogP contribution in [0, 0.1) is 35.0 Å². The van der Waals surface area contributed by atoms with Gasteiger partial charge in [0, 0.05) is 72.3 Å². The highest BCUT2D eigenvalue weighted by Crippen LogP contribution is 2.55. The molecule has 2 aliphatic rings. The molecule has 0 radical (unpaired) electrons. The smallest absolute Gasteiger partial charge is 0.323 e. The Morgan fingerprint density at radius 2 is 1.66 bits per heavy atom. The van der Waals surface area contributed by atoms with Gasteiger partial charge in [-0.15, -0.1) is 11.3 Å². The van der Waals surface area contributed by atoms with E-state index in [-0.39, 0.29) is 72.2 Å². The van der Waals surface area contributed by atoms with E-state index in [1.54, 1.807) is 64.9 Å². The van der Waals surface area contributed by atoms with E-state index in [1.165, 1.54) is 17.3 Å². The average molecular weight is 958 g/mol. The fourth-order valence-corrected chi connectivity index (χ4v) is 10.8. The first kappa shape index (κ1) is 47.7. The number of hydrogen-bond donors (Lipinski definition) is 3. The van der Waals surface area contributed by atoms with Crippen LogP contribution >= 0.6 is 22.9 Å². The first-order valence-corrected chi connectivity index (χ1v) is 23.6. The minimum atomic E-state index is -0.862. The number of aromatic nitrogens is 6. The Morgan fingerprint density at radius 3 is 2.31 bits per heavy atom. The number of nitrogens with zero attached hydrogens (tertiary/aromatic N) is 8. The Hall–Kier alpha value is -6.74. The van der Waals surface area contributed by atoms with Crippen LogP contribution in [-0.2, 0) is 9.59 Å². The molecule has 352 valence electrons. The Morgan fingerprint density at radius 1 is 0.941 bits per heavy atom. The van der Waals surface area contributed by atoms with Gasteiger partial charge in [-0.05, 0) is 54.7 Å². The molecule has 16 nitrogen and oxygen atoms in total. The zero-order valence-corrected chi connectivity index (χ0v) is 40.5. The van der Waals surface area contributed by atoms with E-state index in [0.29, 0.717) is 27.5 Å². The summed E-state index contributed by atoms with van der Waals surface area (Å²) in [5, 5.41) is 31.1. The predicted octanol–water partition coefficient (Wildman–Crippen LogP) is 8.13. The molecule has 1 saturated carbocycles. The molecule has 2 aromatic carbocycles. The topological polar surface area (TPSA) is 210 Å². The van der Waals surface area contributed by atoms with Crippen LogP contribution in [-0.4, -0.2) is 88.3 Å². The number of carbonyl (C=O) groups excluding carboxylic acids is 3. The maximum Gasteiger partial charge on any atom is 0.323 e. The molecule has 18 heteroatoms. The molecule has 3 amide bonds. The summed E-state index contributed by atoms with van der Waals surface area (Å²) in [5.41, 5.74) is 5.80. The maximum absolute atomic E-state index is 14.4. The van der Waals surface area contributed by atoms with E-state index in [0.717, 1.165) is 21.7 Å². The van der Waals surface area contributed by atoms with E-state index >= 15 is 0 Å².